The molecule has 0 spiro atoms. The van der Waals surface area contributed by atoms with Gasteiger partial charge in [0.05, 0.1) is 25.1 Å². The molecule has 2 aromatic carbocycles. The molecule has 0 bridgehead atoms. The second-order valence-corrected chi connectivity index (χ2v) is 11.4. The number of nitrogens with one attached hydrogen (secondary N) is 2. The summed E-state index contributed by atoms with van der Waals surface area (Å²) in [7, 11) is 0. The molecule has 0 aliphatic heterocycles. The van der Waals surface area contributed by atoms with Gasteiger partial charge in [0, 0.05) is 35.0 Å². The molecule has 228 valence electrons. The summed E-state index contributed by atoms with van der Waals surface area (Å²) in [6.07, 6.45) is -3.78. The predicted molar refractivity (Wildman–Crippen MR) is 161 cm³/mol. The largest absolute Gasteiger partial charge is 0.400 e. The van der Waals surface area contributed by atoms with E-state index in [0.717, 1.165) is 22.4 Å². The summed E-state index contributed by atoms with van der Waals surface area (Å²) in [5.41, 5.74) is 9.12. The molecule has 2 aromatic rings. The number of nitrogens with two attached hydrogens (primary N) is 1. The molecule has 0 saturated heterocycles. The lowest BCUT2D eigenvalue weighted by Gasteiger charge is -2.32. The van der Waals surface area contributed by atoms with Crippen LogP contribution in [0.3, 0.4) is 0 Å². The Labute approximate surface area is 250 Å². The monoisotopic (exact) mass is 605 g/mol. The molecule has 2 unspecified atom stereocenters. The molecule has 0 heterocycles. The molecule has 3 rings (SSSR count). The van der Waals surface area contributed by atoms with Gasteiger partial charge in [0.15, 0.2) is 0 Å². The number of allylic oxidation sites excluding steroid dienone is 1. The number of hydrogen-bond donors (Lipinski definition) is 4. The maximum Gasteiger partial charge on any atom is 0.390 e. The third-order valence-corrected chi connectivity index (χ3v) is 7.89. The number of amidine groups is 1. The first-order chi connectivity index (χ1) is 19.7. The molecule has 0 radical (unpaired) electrons. The van der Waals surface area contributed by atoms with Gasteiger partial charge < -0.3 is 16.2 Å². The molecule has 2 atom stereocenters. The highest BCUT2D eigenvalue weighted by molar-refractivity contribution is 6.31. The lowest BCUT2D eigenvalue weighted by atomic mass is 9.81. The molecule has 1 aliphatic rings. The highest BCUT2D eigenvalue weighted by atomic mass is 35.5. The molecule has 1 saturated carbocycles. The van der Waals surface area contributed by atoms with Crippen LogP contribution in [0.1, 0.15) is 75.5 Å². The normalized spacial score (nSPS) is 20.2. The van der Waals surface area contributed by atoms with E-state index in [1.54, 1.807) is 25.1 Å². The number of carbonyl (C=O) groups excluding carboxylic acids is 1. The second-order valence-electron chi connectivity index (χ2n) is 11.0. The maximum atomic E-state index is 13.2. The standard InChI is InChI=1S/C31H39ClF3N5O2/c1-4-20(2)21-9-11-22(12-10-21)28(37)40(16-15-31(33,34)35)29(41)39-19-26(36)24-13-14-30(3,42)17-27(24)38-18-23-7-5-6-8-25(23)32/h5-12,20,37,42H,4,13-19,36H2,1-3H3,(H,39,41)/b26-24-,37-28?,38-27?. The van der Waals surface area contributed by atoms with Gasteiger partial charge in [-0.2, -0.15) is 13.2 Å². The van der Waals surface area contributed by atoms with Gasteiger partial charge in [0.25, 0.3) is 0 Å². The van der Waals surface area contributed by atoms with Gasteiger partial charge in [0.2, 0.25) is 0 Å². The summed E-state index contributed by atoms with van der Waals surface area (Å²) in [5, 5.41) is 22.4. The van der Waals surface area contributed by atoms with Crippen LogP contribution < -0.4 is 11.1 Å². The molecule has 2 amide bonds. The van der Waals surface area contributed by atoms with Gasteiger partial charge in [-0.25, -0.2) is 4.79 Å². The second kappa shape index (κ2) is 14.2. The van der Waals surface area contributed by atoms with Crippen molar-refractivity contribution < 1.29 is 23.1 Å². The summed E-state index contributed by atoms with van der Waals surface area (Å²) >= 11 is 6.27. The number of carbonyl (C=O) groups is 1. The third-order valence-electron chi connectivity index (χ3n) is 7.53. The lowest BCUT2D eigenvalue weighted by molar-refractivity contribution is -0.135. The van der Waals surface area contributed by atoms with E-state index >= 15 is 0 Å². The number of alkyl halides is 3. The van der Waals surface area contributed by atoms with Gasteiger partial charge >= 0.3 is 12.2 Å². The molecule has 1 aliphatic carbocycles. The fourth-order valence-corrected chi connectivity index (χ4v) is 4.88. The van der Waals surface area contributed by atoms with E-state index in [2.05, 4.69) is 17.2 Å². The minimum Gasteiger partial charge on any atom is -0.400 e. The van der Waals surface area contributed by atoms with E-state index in [9.17, 15) is 23.1 Å². The van der Waals surface area contributed by atoms with Gasteiger partial charge in [-0.1, -0.05) is 67.9 Å². The van der Waals surface area contributed by atoms with Crippen LogP contribution in [0.5, 0.6) is 0 Å². The van der Waals surface area contributed by atoms with Crippen LogP contribution in [0.25, 0.3) is 0 Å². The summed E-state index contributed by atoms with van der Waals surface area (Å²) in [6.45, 7) is 5.21. The zero-order valence-electron chi connectivity index (χ0n) is 24.2. The topological polar surface area (TPSA) is 115 Å². The Morgan fingerprint density at radius 2 is 1.90 bits per heavy atom. The Hall–Kier alpha value is -3.37. The van der Waals surface area contributed by atoms with E-state index in [4.69, 9.17) is 22.7 Å². The van der Waals surface area contributed by atoms with Gasteiger partial charge in [0.1, 0.15) is 5.84 Å². The minimum absolute atomic E-state index is 0.163. The average molecular weight is 606 g/mol. The van der Waals surface area contributed by atoms with Crippen molar-refractivity contribution in [2.24, 2.45) is 10.7 Å². The number of amides is 2. The first-order valence-electron chi connectivity index (χ1n) is 14.0. The van der Waals surface area contributed by atoms with E-state index < -0.39 is 30.8 Å². The van der Waals surface area contributed by atoms with E-state index in [1.165, 1.54) is 0 Å². The molecule has 1 fully saturated rings. The molecule has 42 heavy (non-hydrogen) atoms. The van der Waals surface area contributed by atoms with Crippen LogP contribution in [-0.4, -0.2) is 52.5 Å². The highest BCUT2D eigenvalue weighted by Gasteiger charge is 2.33. The zero-order chi connectivity index (χ0) is 31.1. The van der Waals surface area contributed by atoms with E-state index in [0.29, 0.717) is 34.7 Å². The van der Waals surface area contributed by atoms with Crippen LogP contribution in [-0.2, 0) is 6.54 Å². The molecular formula is C31H39ClF3N5O2. The quantitative estimate of drug-likeness (QED) is 0.183. The highest BCUT2D eigenvalue weighted by Crippen LogP contribution is 2.31. The third kappa shape index (κ3) is 9.32. The van der Waals surface area contributed by atoms with Gasteiger partial charge in [-0.05, 0) is 54.9 Å². The number of nitrogens with zero attached hydrogens (tertiary/aromatic N) is 2. The molecule has 7 nitrogen and oxygen atoms in total. The Morgan fingerprint density at radius 3 is 2.52 bits per heavy atom. The SMILES string of the molecule is CCC(C)c1ccc(C(=N)N(CCC(F)(F)F)C(=O)NC/C(N)=C2\CCC(C)(O)CC2=NCc2ccccc2Cl)cc1. The Bertz CT molecular complexity index is 1320. The zero-order valence-corrected chi connectivity index (χ0v) is 24.9. The summed E-state index contributed by atoms with van der Waals surface area (Å²) in [4.78, 5) is 18.6. The van der Waals surface area contributed by atoms with Crippen molar-refractivity contribution in [3.63, 3.8) is 0 Å². The fraction of sp³-hybridized carbons (Fsp3) is 0.452. The average Bonchev–Trinajstić information content (AvgIpc) is 2.94. The van der Waals surface area contributed by atoms with Crippen molar-refractivity contribution in [2.45, 2.75) is 77.1 Å². The van der Waals surface area contributed by atoms with Crippen LogP contribution in [0, 0.1) is 5.41 Å². The van der Waals surface area contributed by atoms with E-state index in [1.807, 2.05) is 37.3 Å². The molecule has 11 heteroatoms. The van der Waals surface area contributed by atoms with Crippen LogP contribution in [0.2, 0.25) is 5.02 Å². The van der Waals surface area contributed by atoms with Crippen LogP contribution >= 0.6 is 11.6 Å². The Balaban J connectivity index is 1.80. The number of benzene rings is 2. The van der Waals surface area contributed by atoms with Crippen molar-refractivity contribution in [2.75, 3.05) is 13.1 Å². The van der Waals surface area contributed by atoms with Crippen LogP contribution in [0.4, 0.5) is 18.0 Å². The van der Waals surface area contributed by atoms with Crippen molar-refractivity contribution in [1.29, 1.82) is 5.41 Å². The van der Waals surface area contributed by atoms with E-state index in [-0.39, 0.29) is 37.0 Å². The first kappa shape index (κ1) is 33.1. The Morgan fingerprint density at radius 1 is 1.24 bits per heavy atom. The summed E-state index contributed by atoms with van der Waals surface area (Å²) in [5.74, 6) is -0.0511. The first-order valence-corrected chi connectivity index (χ1v) is 14.4. The fourth-order valence-electron chi connectivity index (χ4n) is 4.69. The Kier molecular flexibility index (Phi) is 11.2. The molecule has 5 N–H and O–H groups in total. The molecule has 0 aromatic heterocycles. The predicted octanol–water partition coefficient (Wildman–Crippen LogP) is 6.93. The minimum atomic E-state index is -4.51. The van der Waals surface area contributed by atoms with Crippen LogP contribution in [0.15, 0.2) is 64.8 Å². The van der Waals surface area contributed by atoms with Crippen molar-refractivity contribution in [1.82, 2.24) is 10.2 Å². The van der Waals surface area contributed by atoms with Gasteiger partial charge in [-0.15, -0.1) is 0 Å². The van der Waals surface area contributed by atoms with Crippen molar-refractivity contribution >= 4 is 29.2 Å². The number of hydrogen-bond acceptors (Lipinski definition) is 5. The number of rotatable bonds is 9. The summed E-state index contributed by atoms with van der Waals surface area (Å²) in [6, 6.07) is 13.3. The van der Waals surface area contributed by atoms with Crippen molar-refractivity contribution in [3.8, 4) is 0 Å². The molecular weight excluding hydrogens is 567 g/mol. The smallest absolute Gasteiger partial charge is 0.390 e. The maximum absolute atomic E-state index is 13.2. The van der Waals surface area contributed by atoms with Crippen molar-refractivity contribution in [3.05, 3.63) is 81.5 Å². The number of aliphatic hydroxyl groups is 1. The summed E-state index contributed by atoms with van der Waals surface area (Å²) < 4.78 is 39.3. The number of aliphatic imine (C=N–C) groups is 1. The number of halogens is 4. The number of urea groups is 1. The van der Waals surface area contributed by atoms with Gasteiger partial charge in [-0.3, -0.25) is 15.3 Å². The lowest BCUT2D eigenvalue weighted by Crippen LogP contribution is -2.46.